The van der Waals surface area contributed by atoms with Gasteiger partial charge in [-0.05, 0) is 26.0 Å². The van der Waals surface area contributed by atoms with E-state index in [0.717, 1.165) is 23.0 Å². The zero-order chi connectivity index (χ0) is 14.5. The van der Waals surface area contributed by atoms with Gasteiger partial charge in [0.2, 0.25) is 0 Å². The third-order valence-electron chi connectivity index (χ3n) is 3.09. The minimum atomic E-state index is 0.109. The summed E-state index contributed by atoms with van der Waals surface area (Å²) in [6, 6.07) is 5.93. The summed E-state index contributed by atoms with van der Waals surface area (Å²) in [5, 5.41) is 3.42. The lowest BCUT2D eigenvalue weighted by Gasteiger charge is -2.17. The third kappa shape index (κ3) is 3.04. The second-order valence-electron chi connectivity index (χ2n) is 4.56. The van der Waals surface area contributed by atoms with Gasteiger partial charge in [-0.3, -0.25) is 0 Å². The van der Waals surface area contributed by atoms with Gasteiger partial charge in [-0.25, -0.2) is 4.98 Å². The minimum absolute atomic E-state index is 0.109. The van der Waals surface area contributed by atoms with Crippen molar-refractivity contribution in [1.82, 2.24) is 9.55 Å². The quantitative estimate of drug-likeness (QED) is 0.880. The minimum Gasteiger partial charge on any atom is -0.493 e. The number of benzene rings is 1. The first-order valence-corrected chi connectivity index (χ1v) is 6.70. The number of aryl methyl sites for hydroxylation is 1. The topological polar surface area (TPSA) is 48.3 Å². The molecule has 0 spiro atoms. The molecular formula is C15H21N3O2. The van der Waals surface area contributed by atoms with Crippen molar-refractivity contribution in [2.45, 2.75) is 19.9 Å². The third-order valence-corrected chi connectivity index (χ3v) is 3.09. The van der Waals surface area contributed by atoms with Crippen molar-refractivity contribution in [3.05, 3.63) is 36.4 Å². The van der Waals surface area contributed by atoms with Crippen molar-refractivity contribution in [3.63, 3.8) is 0 Å². The van der Waals surface area contributed by atoms with E-state index in [1.54, 1.807) is 13.3 Å². The molecule has 0 saturated heterocycles. The highest BCUT2D eigenvalue weighted by Crippen LogP contribution is 2.31. The molecule has 0 radical (unpaired) electrons. The van der Waals surface area contributed by atoms with Crippen molar-refractivity contribution in [2.24, 2.45) is 7.05 Å². The monoisotopic (exact) mass is 275 g/mol. The normalized spacial score (nSPS) is 12.0. The van der Waals surface area contributed by atoms with Crippen LogP contribution in [0.1, 0.15) is 25.7 Å². The molecule has 1 atom stereocenters. The first kappa shape index (κ1) is 14.2. The number of hydrogen-bond acceptors (Lipinski definition) is 4. The van der Waals surface area contributed by atoms with E-state index in [2.05, 4.69) is 17.2 Å². The van der Waals surface area contributed by atoms with E-state index in [9.17, 15) is 0 Å². The first-order valence-electron chi connectivity index (χ1n) is 6.70. The van der Waals surface area contributed by atoms with Gasteiger partial charge < -0.3 is 19.4 Å². The number of imidazole rings is 1. The zero-order valence-electron chi connectivity index (χ0n) is 12.4. The lowest BCUT2D eigenvalue weighted by atomic mass is 10.2. The van der Waals surface area contributed by atoms with Crippen LogP contribution >= 0.6 is 0 Å². The zero-order valence-corrected chi connectivity index (χ0v) is 12.4. The number of aromatic nitrogens is 2. The maximum atomic E-state index is 5.58. The Morgan fingerprint density at radius 3 is 2.75 bits per heavy atom. The van der Waals surface area contributed by atoms with Crippen molar-refractivity contribution < 1.29 is 9.47 Å². The summed E-state index contributed by atoms with van der Waals surface area (Å²) < 4.78 is 12.9. The molecule has 1 N–H and O–H groups in total. The fourth-order valence-corrected chi connectivity index (χ4v) is 2.14. The summed E-state index contributed by atoms with van der Waals surface area (Å²) in [6.45, 7) is 4.64. The van der Waals surface area contributed by atoms with Gasteiger partial charge in [0.1, 0.15) is 5.82 Å². The van der Waals surface area contributed by atoms with Gasteiger partial charge in [-0.1, -0.05) is 0 Å². The average Bonchev–Trinajstić information content (AvgIpc) is 2.86. The van der Waals surface area contributed by atoms with Crippen LogP contribution < -0.4 is 14.8 Å². The highest BCUT2D eigenvalue weighted by atomic mass is 16.5. The average molecular weight is 275 g/mol. The van der Waals surface area contributed by atoms with Crippen LogP contribution in [0.25, 0.3) is 0 Å². The van der Waals surface area contributed by atoms with Gasteiger partial charge in [-0.15, -0.1) is 0 Å². The molecule has 2 rings (SSSR count). The Kier molecular flexibility index (Phi) is 4.50. The second-order valence-corrected chi connectivity index (χ2v) is 4.56. The highest BCUT2D eigenvalue weighted by molar-refractivity contribution is 5.55. The van der Waals surface area contributed by atoms with Gasteiger partial charge in [-0.2, -0.15) is 0 Å². The molecule has 1 aromatic heterocycles. The van der Waals surface area contributed by atoms with Crippen molar-refractivity contribution in [1.29, 1.82) is 0 Å². The Labute approximate surface area is 119 Å². The molecule has 0 aliphatic carbocycles. The van der Waals surface area contributed by atoms with Gasteiger partial charge in [0.05, 0.1) is 19.8 Å². The lowest BCUT2D eigenvalue weighted by molar-refractivity contribution is 0.311. The molecular weight excluding hydrogens is 254 g/mol. The molecule has 20 heavy (non-hydrogen) atoms. The molecule has 0 bridgehead atoms. The van der Waals surface area contributed by atoms with Crippen LogP contribution in [0.3, 0.4) is 0 Å². The molecule has 5 heteroatoms. The smallest absolute Gasteiger partial charge is 0.163 e. The Bertz CT molecular complexity index is 566. The van der Waals surface area contributed by atoms with Crippen LogP contribution in [-0.4, -0.2) is 23.3 Å². The Balaban J connectivity index is 2.17. The van der Waals surface area contributed by atoms with Gasteiger partial charge >= 0.3 is 0 Å². The summed E-state index contributed by atoms with van der Waals surface area (Å²) in [7, 11) is 3.63. The molecule has 0 amide bonds. The molecule has 1 unspecified atom stereocenters. The van der Waals surface area contributed by atoms with Gasteiger partial charge in [0.15, 0.2) is 11.5 Å². The highest BCUT2D eigenvalue weighted by Gasteiger charge is 2.11. The fourth-order valence-electron chi connectivity index (χ4n) is 2.14. The molecule has 2 aromatic rings. The Morgan fingerprint density at radius 1 is 1.35 bits per heavy atom. The molecule has 108 valence electrons. The van der Waals surface area contributed by atoms with Gasteiger partial charge in [0.25, 0.3) is 0 Å². The molecule has 1 heterocycles. The first-order chi connectivity index (χ1) is 9.65. The maximum Gasteiger partial charge on any atom is 0.163 e. The molecule has 0 saturated carbocycles. The fraction of sp³-hybridized carbons (Fsp3) is 0.400. The number of nitrogens with one attached hydrogen (secondary N) is 1. The summed E-state index contributed by atoms with van der Waals surface area (Å²) in [5.74, 6) is 2.47. The summed E-state index contributed by atoms with van der Waals surface area (Å²) in [5.41, 5.74) is 0.977. The van der Waals surface area contributed by atoms with Crippen molar-refractivity contribution >= 4 is 5.69 Å². The van der Waals surface area contributed by atoms with E-state index in [1.807, 2.05) is 42.9 Å². The molecule has 0 fully saturated rings. The molecule has 0 aliphatic rings. The second kappa shape index (κ2) is 6.32. The summed E-state index contributed by atoms with van der Waals surface area (Å²) in [6.07, 6.45) is 3.74. The maximum absolute atomic E-state index is 5.58. The number of anilines is 1. The van der Waals surface area contributed by atoms with Crippen LogP contribution in [0.5, 0.6) is 11.5 Å². The summed E-state index contributed by atoms with van der Waals surface area (Å²) in [4.78, 5) is 4.35. The predicted octanol–water partition coefficient (Wildman–Crippen LogP) is 3.00. The number of rotatable bonds is 6. The van der Waals surface area contributed by atoms with Crippen LogP contribution in [0, 0.1) is 0 Å². The van der Waals surface area contributed by atoms with Crippen molar-refractivity contribution in [3.8, 4) is 11.5 Å². The molecule has 5 nitrogen and oxygen atoms in total. The largest absolute Gasteiger partial charge is 0.493 e. The van der Waals surface area contributed by atoms with Crippen LogP contribution in [0.15, 0.2) is 30.6 Å². The van der Waals surface area contributed by atoms with Crippen LogP contribution in [-0.2, 0) is 7.05 Å². The predicted molar refractivity (Wildman–Crippen MR) is 79.4 cm³/mol. The van der Waals surface area contributed by atoms with Crippen LogP contribution in [0.2, 0.25) is 0 Å². The van der Waals surface area contributed by atoms with E-state index in [4.69, 9.17) is 9.47 Å². The van der Waals surface area contributed by atoms with E-state index >= 15 is 0 Å². The molecule has 1 aromatic carbocycles. The number of nitrogens with zero attached hydrogens (tertiary/aromatic N) is 2. The Hall–Kier alpha value is -2.17. The summed E-state index contributed by atoms with van der Waals surface area (Å²) >= 11 is 0. The van der Waals surface area contributed by atoms with Crippen molar-refractivity contribution in [2.75, 3.05) is 19.0 Å². The molecule has 0 aliphatic heterocycles. The van der Waals surface area contributed by atoms with E-state index in [0.29, 0.717) is 6.61 Å². The Morgan fingerprint density at radius 2 is 2.15 bits per heavy atom. The van der Waals surface area contributed by atoms with E-state index < -0.39 is 0 Å². The number of ether oxygens (including phenoxy) is 2. The lowest BCUT2D eigenvalue weighted by Crippen LogP contribution is -2.12. The van der Waals surface area contributed by atoms with Crippen LogP contribution in [0.4, 0.5) is 5.69 Å². The van der Waals surface area contributed by atoms with E-state index in [-0.39, 0.29) is 6.04 Å². The van der Waals surface area contributed by atoms with Gasteiger partial charge in [0, 0.05) is 31.2 Å². The number of hydrogen-bond donors (Lipinski definition) is 1. The SMILES string of the molecule is CCOc1cc(NC(C)c2nccn2C)ccc1OC. The standard InChI is InChI=1S/C15H21N3O2/c1-5-20-14-10-12(6-7-13(14)19-4)17-11(2)15-16-8-9-18(15)3/h6-11,17H,5H2,1-4H3. The number of methoxy groups -OCH3 is 1. The van der Waals surface area contributed by atoms with E-state index in [1.165, 1.54) is 0 Å².